The minimum absolute atomic E-state index is 0.217. The number of nitrogens with zero attached hydrogens (tertiary/aromatic N) is 2. The highest BCUT2D eigenvalue weighted by molar-refractivity contribution is 6.20. The Morgan fingerprint density at radius 1 is 0.935 bits per heavy atom. The summed E-state index contributed by atoms with van der Waals surface area (Å²) in [5, 5.41) is 4.55. The summed E-state index contributed by atoms with van der Waals surface area (Å²) in [5.74, 6) is -0.965. The summed E-state index contributed by atoms with van der Waals surface area (Å²) in [6.45, 7) is 2.03. The zero-order valence-corrected chi connectivity index (χ0v) is 17.5. The second-order valence-electron chi connectivity index (χ2n) is 8.42. The monoisotopic (exact) mass is 413 g/mol. The number of nitrogens with one attached hydrogen (secondary N) is 1. The molecule has 6 heteroatoms. The number of carbonyl (C=O) groups excluding carboxylic acids is 3. The van der Waals surface area contributed by atoms with E-state index in [0.29, 0.717) is 0 Å². The molecule has 0 aliphatic carbocycles. The van der Waals surface area contributed by atoms with Crippen LogP contribution < -0.4 is 10.2 Å². The summed E-state index contributed by atoms with van der Waals surface area (Å²) < 4.78 is 0. The first-order valence-corrected chi connectivity index (χ1v) is 10.4. The molecule has 0 radical (unpaired) electrons. The van der Waals surface area contributed by atoms with Crippen LogP contribution in [0.1, 0.15) is 24.1 Å². The number of imide groups is 2. The lowest BCUT2D eigenvalue weighted by atomic mass is 9.73. The van der Waals surface area contributed by atoms with Crippen LogP contribution in [0.3, 0.4) is 0 Å². The lowest BCUT2D eigenvalue weighted by molar-refractivity contribution is -0.152. The molecule has 1 saturated heterocycles. The number of anilines is 1. The number of amides is 4. The molecule has 31 heavy (non-hydrogen) atoms. The average Bonchev–Trinajstić information content (AvgIpc) is 2.78. The second kappa shape index (κ2) is 6.94. The zero-order valence-electron chi connectivity index (χ0n) is 17.5. The Labute approximate surface area is 180 Å². The predicted octanol–water partition coefficient (Wildman–Crippen LogP) is 3.66. The first-order valence-electron chi connectivity index (χ1n) is 10.4. The van der Waals surface area contributed by atoms with Gasteiger partial charge in [-0.15, -0.1) is 0 Å². The van der Waals surface area contributed by atoms with E-state index in [9.17, 15) is 14.4 Å². The quantitative estimate of drug-likeness (QED) is 0.651. The molecule has 0 saturated carbocycles. The van der Waals surface area contributed by atoms with Crippen LogP contribution in [-0.4, -0.2) is 36.3 Å². The van der Waals surface area contributed by atoms with Gasteiger partial charge in [-0.05, 0) is 34.9 Å². The highest BCUT2D eigenvalue weighted by Gasteiger charge is 2.57. The fourth-order valence-electron chi connectivity index (χ4n) is 4.94. The number of hydrogen-bond donors (Lipinski definition) is 1. The Kier molecular flexibility index (Phi) is 4.32. The van der Waals surface area contributed by atoms with Crippen molar-refractivity contribution in [3.8, 4) is 0 Å². The van der Waals surface area contributed by atoms with Crippen molar-refractivity contribution in [2.75, 3.05) is 18.5 Å². The van der Waals surface area contributed by atoms with E-state index in [-0.39, 0.29) is 13.0 Å². The molecular formula is C25H23N3O3. The smallest absolute Gasteiger partial charge is 0.331 e. The molecule has 2 heterocycles. The van der Waals surface area contributed by atoms with Crippen molar-refractivity contribution in [1.29, 1.82) is 0 Å². The molecule has 0 aromatic heterocycles. The van der Waals surface area contributed by atoms with E-state index in [4.69, 9.17) is 0 Å². The SMILES string of the molecule is C[C@H](c1ccccc1)N1C(=O)NC(=O)[C@@]2(Cc3c(ccc4ccccc34)N(C)C2)C1=O. The molecule has 1 fully saturated rings. The molecule has 3 aromatic carbocycles. The van der Waals surface area contributed by atoms with Crippen molar-refractivity contribution in [1.82, 2.24) is 10.2 Å². The number of hydrogen-bond acceptors (Lipinski definition) is 4. The maximum Gasteiger partial charge on any atom is 0.331 e. The van der Waals surface area contributed by atoms with Gasteiger partial charge in [-0.1, -0.05) is 60.7 Å². The Morgan fingerprint density at radius 3 is 2.42 bits per heavy atom. The summed E-state index contributed by atoms with van der Waals surface area (Å²) in [6, 6.07) is 20.3. The van der Waals surface area contributed by atoms with Crippen molar-refractivity contribution in [2.24, 2.45) is 5.41 Å². The fourth-order valence-corrected chi connectivity index (χ4v) is 4.94. The molecular weight excluding hydrogens is 390 g/mol. The van der Waals surface area contributed by atoms with Crippen molar-refractivity contribution >= 4 is 34.3 Å². The van der Waals surface area contributed by atoms with Gasteiger partial charge in [0, 0.05) is 25.7 Å². The molecule has 156 valence electrons. The van der Waals surface area contributed by atoms with Crippen LogP contribution in [-0.2, 0) is 16.0 Å². The fraction of sp³-hybridized carbons (Fsp3) is 0.240. The van der Waals surface area contributed by atoms with Crippen molar-refractivity contribution in [3.05, 3.63) is 77.9 Å². The summed E-state index contributed by atoms with van der Waals surface area (Å²) >= 11 is 0. The van der Waals surface area contributed by atoms with E-state index in [2.05, 4.69) is 11.4 Å². The van der Waals surface area contributed by atoms with Crippen molar-refractivity contribution in [3.63, 3.8) is 0 Å². The molecule has 3 aromatic rings. The van der Waals surface area contributed by atoms with Crippen LogP contribution in [0.5, 0.6) is 0 Å². The van der Waals surface area contributed by atoms with Crippen LogP contribution >= 0.6 is 0 Å². The van der Waals surface area contributed by atoms with E-state index in [0.717, 1.165) is 27.6 Å². The van der Waals surface area contributed by atoms with Crippen LogP contribution in [0.15, 0.2) is 66.7 Å². The van der Waals surface area contributed by atoms with Gasteiger partial charge < -0.3 is 4.90 Å². The van der Waals surface area contributed by atoms with E-state index in [1.807, 2.05) is 79.5 Å². The molecule has 0 unspecified atom stereocenters. The first-order chi connectivity index (χ1) is 14.9. The van der Waals surface area contributed by atoms with Gasteiger partial charge in [0.05, 0.1) is 6.04 Å². The Morgan fingerprint density at radius 2 is 1.65 bits per heavy atom. The Hall–Kier alpha value is -3.67. The van der Waals surface area contributed by atoms with Crippen LogP contribution in [0, 0.1) is 5.41 Å². The van der Waals surface area contributed by atoms with Gasteiger partial charge in [0.25, 0.3) is 0 Å². The van der Waals surface area contributed by atoms with Crippen molar-refractivity contribution in [2.45, 2.75) is 19.4 Å². The molecule has 2 aliphatic heterocycles. The standard InChI is InChI=1S/C25H23N3O3/c1-16(17-8-4-3-5-9-17)28-23(30)25(22(29)26-24(28)31)14-20-19-11-7-6-10-18(19)12-13-21(20)27(2)15-25/h3-13,16H,14-15H2,1-2H3,(H,26,29,31)/t16-,25+/m1/s1. The van der Waals surface area contributed by atoms with E-state index in [1.165, 1.54) is 4.90 Å². The minimum Gasteiger partial charge on any atom is -0.373 e. The second-order valence-corrected chi connectivity index (χ2v) is 8.42. The number of rotatable bonds is 2. The van der Waals surface area contributed by atoms with E-state index in [1.54, 1.807) is 0 Å². The van der Waals surface area contributed by atoms with Gasteiger partial charge in [-0.25, -0.2) is 4.79 Å². The lowest BCUT2D eigenvalue weighted by Crippen LogP contribution is -2.68. The highest BCUT2D eigenvalue weighted by atomic mass is 16.2. The molecule has 2 aliphatic rings. The summed E-state index contributed by atoms with van der Waals surface area (Å²) in [6.07, 6.45) is 0.254. The largest absolute Gasteiger partial charge is 0.373 e. The van der Waals surface area contributed by atoms with Gasteiger partial charge in [0.2, 0.25) is 11.8 Å². The Bertz CT molecular complexity index is 1220. The molecule has 1 N–H and O–H groups in total. The first kappa shape index (κ1) is 19.3. The third kappa shape index (κ3) is 2.82. The Balaban J connectivity index is 1.62. The minimum atomic E-state index is -1.36. The molecule has 5 rings (SSSR count). The highest BCUT2D eigenvalue weighted by Crippen LogP contribution is 2.43. The zero-order chi connectivity index (χ0) is 21.8. The maximum atomic E-state index is 13.8. The topological polar surface area (TPSA) is 69.7 Å². The molecule has 1 spiro atoms. The number of benzene rings is 3. The molecule has 6 nitrogen and oxygen atoms in total. The molecule has 4 amide bonds. The maximum absolute atomic E-state index is 13.8. The van der Waals surface area contributed by atoms with Crippen LogP contribution in [0.25, 0.3) is 10.8 Å². The summed E-state index contributed by atoms with van der Waals surface area (Å²) in [7, 11) is 1.89. The summed E-state index contributed by atoms with van der Waals surface area (Å²) in [4.78, 5) is 42.9. The summed E-state index contributed by atoms with van der Waals surface area (Å²) in [5.41, 5.74) is 1.44. The third-order valence-corrected chi connectivity index (χ3v) is 6.58. The lowest BCUT2D eigenvalue weighted by Gasteiger charge is -2.46. The van der Waals surface area contributed by atoms with Gasteiger partial charge in [-0.3, -0.25) is 19.8 Å². The third-order valence-electron chi connectivity index (χ3n) is 6.58. The van der Waals surface area contributed by atoms with Crippen LogP contribution in [0.2, 0.25) is 0 Å². The van der Waals surface area contributed by atoms with Crippen LogP contribution in [0.4, 0.5) is 10.5 Å². The van der Waals surface area contributed by atoms with Gasteiger partial charge in [-0.2, -0.15) is 0 Å². The molecule has 0 bridgehead atoms. The number of fused-ring (bicyclic) bond motifs is 3. The van der Waals surface area contributed by atoms with E-state index < -0.39 is 29.3 Å². The number of barbiturate groups is 1. The van der Waals surface area contributed by atoms with Gasteiger partial charge in [0.15, 0.2) is 0 Å². The molecule has 2 atom stereocenters. The number of carbonyl (C=O) groups is 3. The van der Waals surface area contributed by atoms with Gasteiger partial charge in [0.1, 0.15) is 5.41 Å². The normalized spacial score (nSPS) is 21.9. The van der Waals surface area contributed by atoms with E-state index >= 15 is 0 Å². The average molecular weight is 413 g/mol. The predicted molar refractivity (Wildman–Crippen MR) is 119 cm³/mol. The van der Waals surface area contributed by atoms with Gasteiger partial charge >= 0.3 is 6.03 Å². The van der Waals surface area contributed by atoms with Crippen molar-refractivity contribution < 1.29 is 14.4 Å². The number of urea groups is 1.